The van der Waals surface area contributed by atoms with Crippen molar-refractivity contribution in [1.82, 2.24) is 14.9 Å². The van der Waals surface area contributed by atoms with E-state index in [1.165, 1.54) is 0 Å². The van der Waals surface area contributed by atoms with E-state index in [9.17, 15) is 4.79 Å². The minimum Gasteiger partial charge on any atom is -0.484 e. The second-order valence-electron chi connectivity index (χ2n) is 5.54. The number of fused-ring (bicyclic) bond motifs is 1. The average molecular weight is 339 g/mol. The highest BCUT2D eigenvalue weighted by molar-refractivity contribution is 5.78. The Bertz CT molecular complexity index is 830. The monoisotopic (exact) mass is 339 g/mol. The average Bonchev–Trinajstić information content (AvgIpc) is 3.01. The molecule has 1 N–H and O–H groups in total. The zero-order chi connectivity index (χ0) is 17.5. The minimum atomic E-state index is -0.186. The van der Waals surface area contributed by atoms with Crippen LogP contribution < -0.4 is 10.1 Å². The summed E-state index contributed by atoms with van der Waals surface area (Å²) in [4.78, 5) is 16.6. The van der Waals surface area contributed by atoms with E-state index in [-0.39, 0.29) is 12.5 Å². The molecule has 0 saturated carbocycles. The Kier molecular flexibility index (Phi) is 5.64. The third-order valence-electron chi connectivity index (χ3n) is 3.81. The molecule has 1 aromatic heterocycles. The van der Waals surface area contributed by atoms with Crippen LogP contribution in [0.1, 0.15) is 5.82 Å². The van der Waals surface area contributed by atoms with Crippen molar-refractivity contribution in [3.05, 3.63) is 60.4 Å². The van der Waals surface area contributed by atoms with Crippen molar-refractivity contribution in [2.24, 2.45) is 0 Å². The first-order valence-corrected chi connectivity index (χ1v) is 8.15. The summed E-state index contributed by atoms with van der Waals surface area (Å²) in [6.45, 7) is 1.58. The van der Waals surface area contributed by atoms with Gasteiger partial charge in [0.05, 0.1) is 24.2 Å². The number of imidazole rings is 1. The molecule has 0 saturated heterocycles. The largest absolute Gasteiger partial charge is 0.484 e. The lowest BCUT2D eigenvalue weighted by Crippen LogP contribution is -2.29. The quantitative estimate of drug-likeness (QED) is 0.684. The SMILES string of the molecule is COCCn1c(CNC(=O)COc2ccccc2)nc2ccccc21. The summed E-state index contributed by atoms with van der Waals surface area (Å²) in [5.74, 6) is 1.28. The molecular formula is C19H21N3O3. The fraction of sp³-hybridized carbons (Fsp3) is 0.263. The van der Waals surface area contributed by atoms with Gasteiger partial charge >= 0.3 is 0 Å². The normalized spacial score (nSPS) is 10.8. The zero-order valence-corrected chi connectivity index (χ0v) is 14.1. The van der Waals surface area contributed by atoms with Crippen LogP contribution in [0.25, 0.3) is 11.0 Å². The van der Waals surface area contributed by atoms with Crippen molar-refractivity contribution in [1.29, 1.82) is 0 Å². The van der Waals surface area contributed by atoms with E-state index in [0.717, 1.165) is 16.9 Å². The maximum atomic E-state index is 12.0. The van der Waals surface area contributed by atoms with E-state index in [1.807, 2.05) is 54.6 Å². The molecule has 25 heavy (non-hydrogen) atoms. The Morgan fingerprint density at radius 2 is 1.88 bits per heavy atom. The summed E-state index contributed by atoms with van der Waals surface area (Å²) in [6, 6.07) is 17.2. The van der Waals surface area contributed by atoms with Crippen LogP contribution in [0.2, 0.25) is 0 Å². The lowest BCUT2D eigenvalue weighted by atomic mass is 10.3. The first kappa shape index (κ1) is 17.0. The van der Waals surface area contributed by atoms with E-state index in [2.05, 4.69) is 14.9 Å². The van der Waals surface area contributed by atoms with Gasteiger partial charge in [-0.1, -0.05) is 30.3 Å². The predicted molar refractivity (Wildman–Crippen MR) is 95.4 cm³/mol. The van der Waals surface area contributed by atoms with Crippen molar-refractivity contribution in [3.63, 3.8) is 0 Å². The summed E-state index contributed by atoms with van der Waals surface area (Å²) in [5, 5.41) is 2.86. The van der Waals surface area contributed by atoms with Crippen molar-refractivity contribution in [2.45, 2.75) is 13.1 Å². The summed E-state index contributed by atoms with van der Waals surface area (Å²) in [6.07, 6.45) is 0. The molecule has 3 rings (SSSR count). The Balaban J connectivity index is 1.62. The topological polar surface area (TPSA) is 65.4 Å². The molecule has 0 spiro atoms. The Labute approximate surface area is 146 Å². The number of benzene rings is 2. The summed E-state index contributed by atoms with van der Waals surface area (Å²) in [7, 11) is 1.67. The fourth-order valence-electron chi connectivity index (χ4n) is 2.59. The molecule has 0 aliphatic heterocycles. The van der Waals surface area contributed by atoms with Crippen LogP contribution in [0, 0.1) is 0 Å². The summed E-state index contributed by atoms with van der Waals surface area (Å²) >= 11 is 0. The highest BCUT2D eigenvalue weighted by Gasteiger charge is 2.11. The number of para-hydroxylation sites is 3. The Morgan fingerprint density at radius 1 is 1.12 bits per heavy atom. The molecule has 0 fully saturated rings. The van der Waals surface area contributed by atoms with Gasteiger partial charge in [0, 0.05) is 13.7 Å². The number of hydrogen-bond donors (Lipinski definition) is 1. The van der Waals surface area contributed by atoms with Crippen LogP contribution in [0.4, 0.5) is 0 Å². The van der Waals surface area contributed by atoms with Gasteiger partial charge in [0.15, 0.2) is 6.61 Å². The van der Waals surface area contributed by atoms with Gasteiger partial charge in [-0.15, -0.1) is 0 Å². The molecule has 0 bridgehead atoms. The lowest BCUT2D eigenvalue weighted by Gasteiger charge is -2.10. The zero-order valence-electron chi connectivity index (χ0n) is 14.1. The van der Waals surface area contributed by atoms with Gasteiger partial charge in [-0.3, -0.25) is 4.79 Å². The van der Waals surface area contributed by atoms with Gasteiger partial charge in [-0.25, -0.2) is 4.98 Å². The number of carbonyl (C=O) groups is 1. The fourth-order valence-corrected chi connectivity index (χ4v) is 2.59. The number of nitrogens with zero attached hydrogens (tertiary/aromatic N) is 2. The van der Waals surface area contributed by atoms with Crippen molar-refractivity contribution in [2.75, 3.05) is 20.3 Å². The van der Waals surface area contributed by atoms with Gasteiger partial charge in [-0.2, -0.15) is 0 Å². The van der Waals surface area contributed by atoms with Crippen molar-refractivity contribution < 1.29 is 14.3 Å². The number of methoxy groups -OCH3 is 1. The highest BCUT2D eigenvalue weighted by atomic mass is 16.5. The van der Waals surface area contributed by atoms with Crippen LogP contribution in [-0.2, 0) is 22.6 Å². The number of rotatable bonds is 8. The molecule has 1 heterocycles. The number of amides is 1. The number of nitrogens with one attached hydrogen (secondary N) is 1. The molecule has 6 nitrogen and oxygen atoms in total. The Hall–Kier alpha value is -2.86. The van der Waals surface area contributed by atoms with E-state index >= 15 is 0 Å². The maximum Gasteiger partial charge on any atom is 0.258 e. The van der Waals surface area contributed by atoms with E-state index in [1.54, 1.807) is 7.11 Å². The van der Waals surface area contributed by atoms with E-state index < -0.39 is 0 Å². The summed E-state index contributed by atoms with van der Waals surface area (Å²) in [5.41, 5.74) is 1.94. The molecule has 0 aliphatic rings. The minimum absolute atomic E-state index is 0.0255. The standard InChI is InChI=1S/C19H21N3O3/c1-24-12-11-22-17-10-6-5-9-16(17)21-18(22)13-20-19(23)14-25-15-7-3-2-4-8-15/h2-10H,11-14H2,1H3,(H,20,23). The van der Waals surface area contributed by atoms with Gasteiger partial charge < -0.3 is 19.4 Å². The molecule has 0 aliphatic carbocycles. The maximum absolute atomic E-state index is 12.0. The Morgan fingerprint density at radius 3 is 2.68 bits per heavy atom. The van der Waals surface area contributed by atoms with Gasteiger partial charge in [0.1, 0.15) is 11.6 Å². The van der Waals surface area contributed by atoms with Crippen LogP contribution in [0.3, 0.4) is 0 Å². The van der Waals surface area contributed by atoms with Crippen LogP contribution in [-0.4, -0.2) is 35.8 Å². The van der Waals surface area contributed by atoms with Crippen LogP contribution >= 0.6 is 0 Å². The van der Waals surface area contributed by atoms with Crippen LogP contribution in [0.15, 0.2) is 54.6 Å². The van der Waals surface area contributed by atoms with Crippen molar-refractivity contribution in [3.8, 4) is 5.75 Å². The number of aromatic nitrogens is 2. The third kappa shape index (κ3) is 4.36. The first-order valence-electron chi connectivity index (χ1n) is 8.15. The van der Waals surface area contributed by atoms with Crippen molar-refractivity contribution >= 4 is 16.9 Å². The molecule has 0 unspecified atom stereocenters. The molecule has 1 amide bonds. The molecular weight excluding hydrogens is 318 g/mol. The second kappa shape index (κ2) is 8.30. The molecule has 0 radical (unpaired) electrons. The third-order valence-corrected chi connectivity index (χ3v) is 3.81. The molecule has 3 aromatic rings. The highest BCUT2D eigenvalue weighted by Crippen LogP contribution is 2.16. The number of hydrogen-bond acceptors (Lipinski definition) is 4. The smallest absolute Gasteiger partial charge is 0.258 e. The van der Waals surface area contributed by atoms with Gasteiger partial charge in [-0.05, 0) is 24.3 Å². The summed E-state index contributed by atoms with van der Waals surface area (Å²) < 4.78 is 12.7. The van der Waals surface area contributed by atoms with Gasteiger partial charge in [0.25, 0.3) is 5.91 Å². The van der Waals surface area contributed by atoms with Crippen LogP contribution in [0.5, 0.6) is 5.75 Å². The van der Waals surface area contributed by atoms with E-state index in [0.29, 0.717) is 25.4 Å². The predicted octanol–water partition coefficient (Wildman–Crippen LogP) is 2.38. The molecule has 0 atom stereocenters. The number of carbonyl (C=O) groups excluding carboxylic acids is 1. The molecule has 6 heteroatoms. The lowest BCUT2D eigenvalue weighted by molar-refractivity contribution is -0.123. The second-order valence-corrected chi connectivity index (χ2v) is 5.54. The molecule has 130 valence electrons. The first-order chi connectivity index (χ1) is 12.3. The van der Waals surface area contributed by atoms with E-state index in [4.69, 9.17) is 9.47 Å². The molecule has 2 aromatic carbocycles. The van der Waals surface area contributed by atoms with Gasteiger partial charge in [0.2, 0.25) is 0 Å². The number of ether oxygens (including phenoxy) is 2.